The van der Waals surface area contributed by atoms with Crippen LogP contribution in [0, 0.1) is 17.5 Å². The van der Waals surface area contributed by atoms with E-state index >= 15 is 0 Å². The highest BCUT2D eigenvalue weighted by atomic mass is 19.2. The molecular weight excluding hydrogens is 389 g/mol. The van der Waals surface area contributed by atoms with Crippen LogP contribution in [0.15, 0.2) is 24.4 Å². The average molecular weight is 404 g/mol. The largest absolute Gasteiger partial charge is 0.489 e. The van der Waals surface area contributed by atoms with E-state index < -0.39 is 41.0 Å². The van der Waals surface area contributed by atoms with Crippen LogP contribution in [0.25, 0.3) is 0 Å². The van der Waals surface area contributed by atoms with Crippen molar-refractivity contribution in [2.24, 2.45) is 0 Å². The van der Waals surface area contributed by atoms with E-state index in [1.807, 2.05) is 0 Å². The number of benzene rings is 1. The normalized spacial score (nSPS) is 20.6. The van der Waals surface area contributed by atoms with Crippen molar-refractivity contribution >= 4 is 17.6 Å². The van der Waals surface area contributed by atoms with E-state index in [4.69, 9.17) is 4.74 Å². The number of halogens is 3. The summed E-state index contributed by atoms with van der Waals surface area (Å²) in [4.78, 5) is 30.3. The van der Waals surface area contributed by atoms with Crippen molar-refractivity contribution in [3.05, 3.63) is 53.1 Å². The van der Waals surface area contributed by atoms with Crippen LogP contribution in [0.5, 0.6) is 5.75 Å². The Bertz CT molecular complexity index is 1060. The van der Waals surface area contributed by atoms with Crippen LogP contribution >= 0.6 is 0 Å². The molecule has 1 aromatic heterocycles. The Morgan fingerprint density at radius 2 is 2.14 bits per heavy atom. The number of nitrogens with zero attached hydrogens (tertiary/aromatic N) is 2. The van der Waals surface area contributed by atoms with E-state index in [1.54, 1.807) is 0 Å². The molecule has 3 aliphatic rings. The third kappa shape index (κ3) is 2.70. The van der Waals surface area contributed by atoms with Gasteiger partial charge in [-0.15, -0.1) is 0 Å². The summed E-state index contributed by atoms with van der Waals surface area (Å²) in [7, 11) is 0. The van der Waals surface area contributed by atoms with Crippen molar-refractivity contribution in [2.75, 3.05) is 18.5 Å². The van der Waals surface area contributed by atoms with Crippen molar-refractivity contribution in [1.29, 1.82) is 0 Å². The number of anilines is 1. The fourth-order valence-corrected chi connectivity index (χ4v) is 4.04. The Morgan fingerprint density at radius 3 is 2.90 bits per heavy atom. The highest BCUT2D eigenvalue weighted by molar-refractivity contribution is 5.97. The summed E-state index contributed by atoms with van der Waals surface area (Å²) in [5.41, 5.74) is -0.362. The van der Waals surface area contributed by atoms with Gasteiger partial charge in [-0.05, 0) is 25.0 Å². The molecule has 2 aromatic rings. The lowest BCUT2D eigenvalue weighted by Gasteiger charge is -2.37. The Labute approximate surface area is 162 Å². The number of amides is 3. The van der Waals surface area contributed by atoms with Crippen molar-refractivity contribution in [2.45, 2.75) is 24.4 Å². The Balaban J connectivity index is 1.37. The number of hydrogen-bond acceptors (Lipinski definition) is 4. The molecule has 2 aliphatic heterocycles. The molecule has 0 unspecified atom stereocenters. The van der Waals surface area contributed by atoms with Gasteiger partial charge in [-0.25, -0.2) is 18.0 Å². The number of fused-ring (bicyclic) bond motifs is 3. The molecule has 2 N–H and O–H groups in total. The monoisotopic (exact) mass is 404 g/mol. The standard InChI is InChI=1S/C19H15F3N4O3/c20-9-5-13-17(23-6-9)12(8-29-13)24-14(27)7-26-18(28)25-11-2-1-10(21)16(22)15(11)19(26)3-4-19/h1-2,5-6,12H,3-4,7-8H2,(H,24,27)(H,25,28)/t12-/m1/s1. The minimum atomic E-state index is -1.04. The van der Waals surface area contributed by atoms with Gasteiger partial charge in [0.15, 0.2) is 11.6 Å². The molecule has 0 bridgehead atoms. The summed E-state index contributed by atoms with van der Waals surface area (Å²) < 4.78 is 46.8. The van der Waals surface area contributed by atoms with Gasteiger partial charge in [-0.3, -0.25) is 9.78 Å². The first-order valence-corrected chi connectivity index (χ1v) is 9.04. The van der Waals surface area contributed by atoms with Gasteiger partial charge in [-0.1, -0.05) is 0 Å². The minimum absolute atomic E-state index is 0.0663. The molecule has 1 aromatic carbocycles. The number of nitrogens with one attached hydrogen (secondary N) is 2. The predicted molar refractivity (Wildman–Crippen MR) is 93.6 cm³/mol. The maximum atomic E-state index is 14.5. The molecule has 10 heteroatoms. The summed E-state index contributed by atoms with van der Waals surface area (Å²) in [5.74, 6) is -2.84. The molecule has 3 amide bonds. The second-order valence-electron chi connectivity index (χ2n) is 7.30. The Kier molecular flexibility index (Phi) is 3.74. The van der Waals surface area contributed by atoms with Gasteiger partial charge >= 0.3 is 6.03 Å². The third-order valence-corrected chi connectivity index (χ3v) is 5.51. The van der Waals surface area contributed by atoms with Gasteiger partial charge in [-0.2, -0.15) is 0 Å². The van der Waals surface area contributed by atoms with Gasteiger partial charge in [0.1, 0.15) is 36.5 Å². The van der Waals surface area contributed by atoms with Gasteiger partial charge in [0.25, 0.3) is 0 Å². The van der Waals surface area contributed by atoms with E-state index in [0.717, 1.165) is 12.3 Å². The highest BCUT2D eigenvalue weighted by Crippen LogP contribution is 2.56. The first kappa shape index (κ1) is 17.8. The molecule has 1 fully saturated rings. The van der Waals surface area contributed by atoms with Gasteiger partial charge in [0.05, 0.1) is 17.4 Å². The summed E-state index contributed by atoms with van der Waals surface area (Å²) in [5, 5.41) is 5.22. The number of ether oxygens (including phenoxy) is 1. The predicted octanol–water partition coefficient (Wildman–Crippen LogP) is 2.59. The van der Waals surface area contributed by atoms with Crippen LogP contribution in [-0.4, -0.2) is 35.0 Å². The molecule has 0 saturated heterocycles. The lowest BCUT2D eigenvalue weighted by atomic mass is 9.97. The number of pyridine rings is 1. The lowest BCUT2D eigenvalue weighted by molar-refractivity contribution is -0.123. The number of hydrogen-bond donors (Lipinski definition) is 2. The Morgan fingerprint density at radius 1 is 1.34 bits per heavy atom. The van der Waals surface area contributed by atoms with Gasteiger partial charge in [0.2, 0.25) is 5.91 Å². The minimum Gasteiger partial charge on any atom is -0.489 e. The fraction of sp³-hybridized carbons (Fsp3) is 0.316. The van der Waals surface area contributed by atoms with Crippen molar-refractivity contribution in [1.82, 2.24) is 15.2 Å². The number of carbonyl (C=O) groups excluding carboxylic acids is 2. The van der Waals surface area contributed by atoms with Crippen LogP contribution in [0.4, 0.5) is 23.7 Å². The van der Waals surface area contributed by atoms with E-state index in [0.29, 0.717) is 18.5 Å². The maximum absolute atomic E-state index is 14.5. The van der Waals surface area contributed by atoms with E-state index in [-0.39, 0.29) is 30.2 Å². The number of aromatic nitrogens is 1. The molecule has 1 saturated carbocycles. The van der Waals surface area contributed by atoms with Gasteiger partial charge in [0, 0.05) is 11.6 Å². The highest BCUT2D eigenvalue weighted by Gasteiger charge is 2.57. The summed E-state index contributed by atoms with van der Waals surface area (Å²) in [6.07, 6.45) is 1.88. The summed E-state index contributed by atoms with van der Waals surface area (Å²) in [6, 6.07) is 2.31. The van der Waals surface area contributed by atoms with Gasteiger partial charge < -0.3 is 20.3 Å². The molecule has 150 valence electrons. The second kappa shape index (κ2) is 6.10. The number of carbonyl (C=O) groups is 2. The molecule has 0 radical (unpaired) electrons. The van der Waals surface area contributed by atoms with E-state index in [1.165, 1.54) is 17.0 Å². The fourth-order valence-electron chi connectivity index (χ4n) is 4.04. The molecule has 7 nitrogen and oxygen atoms in total. The van der Waals surface area contributed by atoms with E-state index in [2.05, 4.69) is 15.6 Å². The smallest absolute Gasteiger partial charge is 0.323 e. The average Bonchev–Trinajstić information content (AvgIpc) is 3.37. The zero-order chi connectivity index (χ0) is 20.3. The van der Waals surface area contributed by atoms with Crippen LogP contribution in [-0.2, 0) is 10.3 Å². The molecule has 1 atom stereocenters. The first-order valence-electron chi connectivity index (χ1n) is 9.04. The Hall–Kier alpha value is -3.30. The zero-order valence-electron chi connectivity index (χ0n) is 15.0. The van der Waals surface area contributed by atoms with Crippen molar-refractivity contribution in [3.63, 3.8) is 0 Å². The SMILES string of the molecule is O=C(CN1C(=O)Nc2ccc(F)c(F)c2C12CC2)N[C@@H]1COc2cc(F)cnc21. The first-order chi connectivity index (χ1) is 13.9. The molecular formula is C19H15F3N4O3. The molecule has 5 rings (SSSR count). The van der Waals surface area contributed by atoms with Crippen LogP contribution in [0.2, 0.25) is 0 Å². The van der Waals surface area contributed by atoms with Crippen LogP contribution in [0.1, 0.15) is 30.1 Å². The van der Waals surface area contributed by atoms with Crippen LogP contribution < -0.4 is 15.4 Å². The molecule has 3 heterocycles. The zero-order valence-corrected chi connectivity index (χ0v) is 15.0. The molecule has 29 heavy (non-hydrogen) atoms. The van der Waals surface area contributed by atoms with Crippen molar-refractivity contribution in [3.8, 4) is 5.75 Å². The summed E-state index contributed by atoms with van der Waals surface area (Å²) >= 11 is 0. The molecule has 1 spiro atoms. The third-order valence-electron chi connectivity index (χ3n) is 5.51. The van der Waals surface area contributed by atoms with Crippen molar-refractivity contribution < 1.29 is 27.5 Å². The number of rotatable bonds is 3. The lowest BCUT2D eigenvalue weighted by Crippen LogP contribution is -2.52. The maximum Gasteiger partial charge on any atom is 0.323 e. The molecule has 1 aliphatic carbocycles. The van der Waals surface area contributed by atoms with Crippen LogP contribution in [0.3, 0.4) is 0 Å². The number of urea groups is 1. The topological polar surface area (TPSA) is 83.6 Å². The quantitative estimate of drug-likeness (QED) is 0.824. The summed E-state index contributed by atoms with van der Waals surface area (Å²) in [6.45, 7) is -0.272. The van der Waals surface area contributed by atoms with E-state index in [9.17, 15) is 22.8 Å². The second-order valence-corrected chi connectivity index (χ2v) is 7.30.